The maximum Gasteiger partial charge on any atom is 0.251 e. The number of carbonyl (C=O) groups is 1. The molecule has 2 fully saturated rings. The van der Waals surface area contributed by atoms with Crippen molar-refractivity contribution in [2.45, 2.75) is 12.5 Å². The summed E-state index contributed by atoms with van der Waals surface area (Å²) in [7, 11) is 0. The summed E-state index contributed by atoms with van der Waals surface area (Å²) in [6.07, 6.45) is 1.18. The zero-order valence-electron chi connectivity index (χ0n) is 13.2. The van der Waals surface area contributed by atoms with Gasteiger partial charge in [0.25, 0.3) is 5.91 Å². The minimum absolute atomic E-state index is 0.0368. The molecule has 2 bridgehead atoms. The number of rotatable bonds is 4. The molecule has 2 saturated heterocycles. The predicted octanol–water partition coefficient (Wildman–Crippen LogP) is 3.57. The van der Waals surface area contributed by atoms with Gasteiger partial charge in [-0.2, -0.15) is 0 Å². The summed E-state index contributed by atoms with van der Waals surface area (Å²) < 4.78 is 5.80. The standard InChI is InChI=1S/C19H19ClN2O2/c20-15-4-2-6-17(10-15)24-16-5-1-3-13(9-16)19(23)21-18-12-22-8-7-14(18)11-22/h1-6,9-10,14,18H,7-8,11-12H2,(H,21,23)/t14-,18?/m0/s1. The molecule has 3 atom stereocenters. The normalized spacial score (nSPS) is 24.8. The Kier molecular flexibility index (Phi) is 4.17. The summed E-state index contributed by atoms with van der Waals surface area (Å²) in [6, 6.07) is 14.7. The summed E-state index contributed by atoms with van der Waals surface area (Å²) in [5.74, 6) is 1.84. The van der Waals surface area contributed by atoms with Crippen molar-refractivity contribution >= 4 is 17.5 Å². The van der Waals surface area contributed by atoms with Crippen LogP contribution in [0.5, 0.6) is 11.5 Å². The lowest BCUT2D eigenvalue weighted by Crippen LogP contribution is -2.43. The maximum atomic E-state index is 12.5. The van der Waals surface area contributed by atoms with E-state index in [1.807, 2.05) is 30.3 Å². The Bertz CT molecular complexity index is 765. The van der Waals surface area contributed by atoms with Crippen LogP contribution in [-0.4, -0.2) is 36.5 Å². The second kappa shape index (κ2) is 6.46. The highest BCUT2D eigenvalue weighted by Crippen LogP contribution is 2.28. The van der Waals surface area contributed by atoms with Crippen LogP contribution in [0, 0.1) is 5.92 Å². The van der Waals surface area contributed by atoms with E-state index >= 15 is 0 Å². The second-order valence-electron chi connectivity index (χ2n) is 6.48. The summed E-state index contributed by atoms with van der Waals surface area (Å²) >= 11 is 5.97. The van der Waals surface area contributed by atoms with Crippen LogP contribution >= 0.6 is 11.6 Å². The third kappa shape index (κ3) is 3.25. The molecule has 4 rings (SSSR count). The van der Waals surface area contributed by atoms with Gasteiger partial charge in [-0.15, -0.1) is 0 Å². The van der Waals surface area contributed by atoms with Crippen molar-refractivity contribution in [1.29, 1.82) is 0 Å². The Morgan fingerprint density at radius 3 is 2.62 bits per heavy atom. The van der Waals surface area contributed by atoms with Crippen LogP contribution < -0.4 is 10.1 Å². The number of nitrogens with one attached hydrogen (secondary N) is 1. The first kappa shape index (κ1) is 15.5. The number of nitrogens with zero attached hydrogens (tertiary/aromatic N) is 1. The van der Waals surface area contributed by atoms with Gasteiger partial charge in [0, 0.05) is 29.7 Å². The van der Waals surface area contributed by atoms with E-state index < -0.39 is 0 Å². The third-order valence-electron chi connectivity index (χ3n) is 4.78. The fourth-order valence-corrected chi connectivity index (χ4v) is 3.75. The molecule has 0 aliphatic carbocycles. The molecule has 5 heteroatoms. The molecule has 0 saturated carbocycles. The summed E-state index contributed by atoms with van der Waals surface area (Å²) in [5, 5.41) is 3.79. The molecule has 2 heterocycles. The van der Waals surface area contributed by atoms with Gasteiger partial charge >= 0.3 is 0 Å². The Morgan fingerprint density at radius 1 is 1.12 bits per heavy atom. The number of hydrogen-bond acceptors (Lipinski definition) is 3. The molecule has 2 aromatic rings. The Morgan fingerprint density at radius 2 is 1.92 bits per heavy atom. The van der Waals surface area contributed by atoms with Crippen molar-refractivity contribution in [1.82, 2.24) is 10.2 Å². The van der Waals surface area contributed by atoms with Crippen LogP contribution in [0.3, 0.4) is 0 Å². The first-order valence-electron chi connectivity index (χ1n) is 8.24. The number of benzene rings is 2. The molecule has 0 radical (unpaired) electrons. The molecular weight excluding hydrogens is 324 g/mol. The lowest BCUT2D eigenvalue weighted by Gasteiger charge is -2.23. The van der Waals surface area contributed by atoms with Crippen molar-refractivity contribution < 1.29 is 9.53 Å². The highest BCUT2D eigenvalue weighted by atomic mass is 35.5. The molecular formula is C19H19ClN2O2. The highest BCUT2D eigenvalue weighted by Gasteiger charge is 2.38. The lowest BCUT2D eigenvalue weighted by atomic mass is 9.99. The first-order valence-corrected chi connectivity index (χ1v) is 8.62. The van der Waals surface area contributed by atoms with Gasteiger partial charge in [-0.1, -0.05) is 23.7 Å². The Hall–Kier alpha value is -2.04. The average molecular weight is 343 g/mol. The number of ether oxygens (including phenoxy) is 1. The molecule has 2 aliphatic heterocycles. The summed E-state index contributed by atoms with van der Waals surface area (Å²) in [6.45, 7) is 3.25. The van der Waals surface area contributed by atoms with E-state index in [-0.39, 0.29) is 11.9 Å². The monoisotopic (exact) mass is 342 g/mol. The Labute approximate surface area is 146 Å². The highest BCUT2D eigenvalue weighted by molar-refractivity contribution is 6.30. The first-order chi connectivity index (χ1) is 11.7. The zero-order valence-corrected chi connectivity index (χ0v) is 14.0. The molecule has 2 unspecified atom stereocenters. The van der Waals surface area contributed by atoms with Gasteiger partial charge in [-0.05, 0) is 55.3 Å². The van der Waals surface area contributed by atoms with E-state index in [1.54, 1.807) is 18.2 Å². The maximum absolute atomic E-state index is 12.5. The van der Waals surface area contributed by atoms with Gasteiger partial charge in [0.15, 0.2) is 0 Å². The molecule has 24 heavy (non-hydrogen) atoms. The Balaban J connectivity index is 1.45. The van der Waals surface area contributed by atoms with E-state index in [2.05, 4.69) is 10.2 Å². The average Bonchev–Trinajstić information content (AvgIpc) is 3.18. The van der Waals surface area contributed by atoms with Crippen molar-refractivity contribution in [2.24, 2.45) is 5.92 Å². The number of amides is 1. The smallest absolute Gasteiger partial charge is 0.251 e. The molecule has 2 aromatic carbocycles. The van der Waals surface area contributed by atoms with Gasteiger partial charge < -0.3 is 15.0 Å². The largest absolute Gasteiger partial charge is 0.457 e. The van der Waals surface area contributed by atoms with Crippen LogP contribution in [0.2, 0.25) is 5.02 Å². The second-order valence-corrected chi connectivity index (χ2v) is 6.91. The summed E-state index contributed by atoms with van der Waals surface area (Å²) in [5.41, 5.74) is 0.618. The third-order valence-corrected chi connectivity index (χ3v) is 5.01. The van der Waals surface area contributed by atoms with Gasteiger partial charge in [0.2, 0.25) is 0 Å². The van der Waals surface area contributed by atoms with Crippen molar-refractivity contribution in [3.8, 4) is 11.5 Å². The van der Waals surface area contributed by atoms with E-state index in [4.69, 9.17) is 16.3 Å². The SMILES string of the molecule is O=C(NC1CN2CC[C@H]1C2)c1cccc(Oc2cccc(Cl)c2)c1. The molecule has 1 N–H and O–H groups in total. The number of halogens is 1. The molecule has 0 aromatic heterocycles. The predicted molar refractivity (Wildman–Crippen MR) is 93.8 cm³/mol. The summed E-state index contributed by atoms with van der Waals surface area (Å²) in [4.78, 5) is 14.9. The zero-order chi connectivity index (χ0) is 16.5. The number of carbonyl (C=O) groups excluding carboxylic acids is 1. The molecule has 124 valence electrons. The minimum atomic E-state index is -0.0368. The topological polar surface area (TPSA) is 41.6 Å². The van der Waals surface area contributed by atoms with E-state index in [1.165, 1.54) is 13.0 Å². The quantitative estimate of drug-likeness (QED) is 0.923. The van der Waals surface area contributed by atoms with E-state index in [0.717, 1.165) is 13.1 Å². The van der Waals surface area contributed by atoms with Crippen molar-refractivity contribution in [2.75, 3.05) is 19.6 Å². The fraction of sp³-hybridized carbons (Fsp3) is 0.316. The molecule has 2 aliphatic rings. The van der Waals surface area contributed by atoms with Crippen molar-refractivity contribution in [3.05, 3.63) is 59.1 Å². The molecule has 0 spiro atoms. The lowest BCUT2D eigenvalue weighted by molar-refractivity contribution is 0.0924. The van der Waals surface area contributed by atoms with E-state index in [0.29, 0.717) is 28.0 Å². The van der Waals surface area contributed by atoms with Crippen LogP contribution in [0.1, 0.15) is 16.8 Å². The van der Waals surface area contributed by atoms with Crippen LogP contribution in [-0.2, 0) is 0 Å². The van der Waals surface area contributed by atoms with Gasteiger partial charge in [0.1, 0.15) is 11.5 Å². The number of piperidine rings is 1. The number of hydrogen-bond donors (Lipinski definition) is 1. The van der Waals surface area contributed by atoms with Crippen LogP contribution in [0.15, 0.2) is 48.5 Å². The van der Waals surface area contributed by atoms with Crippen molar-refractivity contribution in [3.63, 3.8) is 0 Å². The van der Waals surface area contributed by atoms with E-state index in [9.17, 15) is 4.79 Å². The molecule has 1 amide bonds. The van der Waals surface area contributed by atoms with Gasteiger partial charge in [-0.3, -0.25) is 4.79 Å². The minimum Gasteiger partial charge on any atom is -0.457 e. The van der Waals surface area contributed by atoms with Crippen LogP contribution in [0.25, 0.3) is 0 Å². The number of fused-ring (bicyclic) bond motifs is 2. The molecule has 4 nitrogen and oxygen atoms in total. The van der Waals surface area contributed by atoms with Gasteiger partial charge in [-0.25, -0.2) is 0 Å². The van der Waals surface area contributed by atoms with Crippen LogP contribution in [0.4, 0.5) is 0 Å². The fourth-order valence-electron chi connectivity index (χ4n) is 3.57. The van der Waals surface area contributed by atoms with Gasteiger partial charge in [0.05, 0.1) is 0 Å².